The Bertz CT molecular complexity index is 551. The molecule has 1 N–H and O–H groups in total. The van der Waals surface area contributed by atoms with Gasteiger partial charge in [0.25, 0.3) is 0 Å². The highest BCUT2D eigenvalue weighted by atomic mass is 32.1. The highest BCUT2D eigenvalue weighted by Gasteiger charge is 2.11. The lowest BCUT2D eigenvalue weighted by Crippen LogP contribution is -2.33. The lowest BCUT2D eigenvalue weighted by Gasteiger charge is -2.16. The number of allylic oxidation sites excluding steroid dienone is 8. The van der Waals surface area contributed by atoms with E-state index in [2.05, 4.69) is 54.9 Å². The first kappa shape index (κ1) is 25.2. The van der Waals surface area contributed by atoms with Crippen LogP contribution in [0.5, 0.6) is 0 Å². The summed E-state index contributed by atoms with van der Waals surface area (Å²) >= 11 is 4.33. The van der Waals surface area contributed by atoms with E-state index in [9.17, 15) is 9.59 Å². The number of rotatable bonds is 15. The Balaban J connectivity index is 3.67. The van der Waals surface area contributed by atoms with E-state index < -0.39 is 0 Å². The zero-order valence-corrected chi connectivity index (χ0v) is 17.7. The van der Waals surface area contributed by atoms with E-state index in [0.29, 0.717) is 13.0 Å². The van der Waals surface area contributed by atoms with Gasteiger partial charge < -0.3 is 5.32 Å². The zero-order valence-electron chi connectivity index (χ0n) is 16.8. The molecule has 0 aliphatic carbocycles. The molecule has 0 spiro atoms. The van der Waals surface area contributed by atoms with Gasteiger partial charge in [-0.2, -0.15) is 12.6 Å². The van der Waals surface area contributed by atoms with Crippen molar-refractivity contribution in [2.45, 2.75) is 63.5 Å². The Labute approximate surface area is 170 Å². The maximum atomic E-state index is 11.7. The van der Waals surface area contributed by atoms with Crippen molar-refractivity contribution in [3.05, 3.63) is 61.3 Å². The molecule has 0 rings (SSSR count). The monoisotopic (exact) mass is 389 g/mol. The average molecular weight is 390 g/mol. The van der Waals surface area contributed by atoms with Gasteiger partial charge in [-0.1, -0.05) is 55.5 Å². The summed E-state index contributed by atoms with van der Waals surface area (Å²) in [6.07, 6.45) is 23.5. The third-order valence-electron chi connectivity index (χ3n) is 3.57. The number of unbranched alkanes of at least 4 members (excludes halogenated alkanes) is 4. The average Bonchev–Trinajstić information content (AvgIpc) is 2.61. The summed E-state index contributed by atoms with van der Waals surface area (Å²) in [5.41, 5.74) is 0. The number of hydrogen-bond acceptors (Lipinski definition) is 3. The van der Waals surface area contributed by atoms with E-state index in [0.717, 1.165) is 38.5 Å². The maximum absolute atomic E-state index is 11.7. The molecule has 150 valence electrons. The molecule has 3 nitrogen and oxygen atoms in total. The minimum Gasteiger partial charge on any atom is -0.351 e. The van der Waals surface area contributed by atoms with Gasteiger partial charge in [0, 0.05) is 23.8 Å². The number of amides is 1. The summed E-state index contributed by atoms with van der Waals surface area (Å²) in [7, 11) is 0. The first-order chi connectivity index (χ1) is 12.8. The van der Waals surface area contributed by atoms with Crippen molar-refractivity contribution < 1.29 is 9.59 Å². The van der Waals surface area contributed by atoms with Gasteiger partial charge in [-0.3, -0.25) is 9.59 Å². The van der Waals surface area contributed by atoms with Crippen molar-refractivity contribution in [1.29, 1.82) is 0 Å². The molecule has 0 fully saturated rings. The second-order valence-electron chi connectivity index (χ2n) is 7.03. The van der Waals surface area contributed by atoms with Crippen LogP contribution in [0.4, 0.5) is 0 Å². The van der Waals surface area contributed by atoms with Crippen LogP contribution in [0.1, 0.15) is 58.8 Å². The summed E-state index contributed by atoms with van der Waals surface area (Å²) in [6, 6.07) is 0. The van der Waals surface area contributed by atoms with Crippen LogP contribution in [0.25, 0.3) is 0 Å². The Morgan fingerprint density at radius 1 is 0.926 bits per heavy atom. The van der Waals surface area contributed by atoms with E-state index in [4.69, 9.17) is 0 Å². The van der Waals surface area contributed by atoms with E-state index in [1.54, 1.807) is 6.08 Å². The lowest BCUT2D eigenvalue weighted by molar-refractivity contribution is -0.118. The van der Waals surface area contributed by atoms with Gasteiger partial charge in [-0.05, 0) is 52.0 Å². The topological polar surface area (TPSA) is 46.2 Å². The molecule has 0 bridgehead atoms. The lowest BCUT2D eigenvalue weighted by atomic mass is 10.1. The van der Waals surface area contributed by atoms with Gasteiger partial charge in [0.05, 0.1) is 0 Å². The molecule has 0 aromatic carbocycles. The first-order valence-corrected chi connectivity index (χ1v) is 10.1. The molecule has 0 aromatic heterocycles. The number of thiol groups is 1. The number of nitrogens with one attached hydrogen (secondary N) is 1. The summed E-state index contributed by atoms with van der Waals surface area (Å²) < 4.78 is -0.263. The van der Waals surface area contributed by atoms with Gasteiger partial charge in [0.15, 0.2) is 5.78 Å². The third-order valence-corrected chi connectivity index (χ3v) is 3.72. The quantitative estimate of drug-likeness (QED) is 0.168. The normalized spacial score (nSPS) is 12.6. The number of carbonyl (C=O) groups is 2. The predicted molar refractivity (Wildman–Crippen MR) is 120 cm³/mol. The first-order valence-electron chi connectivity index (χ1n) is 9.65. The van der Waals surface area contributed by atoms with Crippen LogP contribution >= 0.6 is 12.6 Å². The van der Waals surface area contributed by atoms with Gasteiger partial charge in [0.2, 0.25) is 5.91 Å². The van der Waals surface area contributed by atoms with Gasteiger partial charge >= 0.3 is 0 Å². The standard InChI is InChI=1S/C23H35NO2S/c1-4-5-6-7-8-9-10-11-12-13-14-15-16-17-21(25)18-19-22(26)24-20-23(2,3)27/h4-6,9-12,18-19,27H,1,7-8,13-17,20H2,2-3H3,(H,24,26). The fraction of sp³-hybridized carbons (Fsp3) is 0.478. The van der Waals surface area contributed by atoms with Crippen molar-refractivity contribution in [2.75, 3.05) is 6.54 Å². The zero-order chi connectivity index (χ0) is 20.4. The van der Waals surface area contributed by atoms with Crippen LogP contribution in [0.2, 0.25) is 0 Å². The Kier molecular flexibility index (Phi) is 15.3. The molecule has 27 heavy (non-hydrogen) atoms. The third kappa shape index (κ3) is 20.4. The molecule has 0 saturated carbocycles. The Morgan fingerprint density at radius 2 is 1.56 bits per heavy atom. The van der Waals surface area contributed by atoms with Crippen LogP contribution in [0.15, 0.2) is 61.3 Å². The van der Waals surface area contributed by atoms with E-state index in [1.807, 2.05) is 19.9 Å². The van der Waals surface area contributed by atoms with Crippen molar-refractivity contribution in [3.63, 3.8) is 0 Å². The van der Waals surface area contributed by atoms with Crippen LogP contribution < -0.4 is 5.32 Å². The number of ketones is 1. The van der Waals surface area contributed by atoms with Crippen molar-refractivity contribution >= 4 is 24.3 Å². The van der Waals surface area contributed by atoms with Gasteiger partial charge in [0.1, 0.15) is 0 Å². The van der Waals surface area contributed by atoms with Crippen molar-refractivity contribution in [1.82, 2.24) is 5.32 Å². The Hall–Kier alpha value is -1.81. The molecule has 0 aliphatic rings. The second kappa shape index (κ2) is 16.4. The second-order valence-corrected chi connectivity index (χ2v) is 8.24. The fourth-order valence-electron chi connectivity index (χ4n) is 2.09. The van der Waals surface area contributed by atoms with Crippen LogP contribution in [0, 0.1) is 0 Å². The molecule has 0 aromatic rings. The molecular formula is C23H35NO2S. The largest absolute Gasteiger partial charge is 0.351 e. The fourth-order valence-corrected chi connectivity index (χ4v) is 2.17. The van der Waals surface area contributed by atoms with E-state index in [-0.39, 0.29) is 16.4 Å². The summed E-state index contributed by atoms with van der Waals surface area (Å²) in [4.78, 5) is 23.3. The van der Waals surface area contributed by atoms with Gasteiger partial charge in [-0.25, -0.2) is 0 Å². The minimum absolute atomic E-state index is 0.000682. The summed E-state index contributed by atoms with van der Waals surface area (Å²) in [5.74, 6) is -0.250. The summed E-state index contributed by atoms with van der Waals surface area (Å²) in [5, 5.41) is 2.72. The predicted octanol–water partition coefficient (Wildman–Crippen LogP) is 5.52. The highest BCUT2D eigenvalue weighted by Crippen LogP contribution is 2.09. The molecule has 0 radical (unpaired) electrons. The van der Waals surface area contributed by atoms with Crippen LogP contribution in [-0.4, -0.2) is 23.0 Å². The number of hydrogen-bond donors (Lipinski definition) is 2. The van der Waals surface area contributed by atoms with Crippen LogP contribution in [-0.2, 0) is 9.59 Å². The van der Waals surface area contributed by atoms with Crippen molar-refractivity contribution in [2.24, 2.45) is 0 Å². The molecule has 4 heteroatoms. The summed E-state index contributed by atoms with van der Waals surface area (Å²) in [6.45, 7) is 7.93. The molecule has 0 unspecified atom stereocenters. The molecular weight excluding hydrogens is 354 g/mol. The van der Waals surface area contributed by atoms with Crippen molar-refractivity contribution in [3.8, 4) is 0 Å². The Morgan fingerprint density at radius 3 is 2.19 bits per heavy atom. The smallest absolute Gasteiger partial charge is 0.244 e. The molecule has 0 heterocycles. The molecule has 0 aliphatic heterocycles. The highest BCUT2D eigenvalue weighted by molar-refractivity contribution is 7.81. The van der Waals surface area contributed by atoms with E-state index in [1.165, 1.54) is 12.2 Å². The minimum atomic E-state index is -0.263. The molecule has 1 amide bonds. The maximum Gasteiger partial charge on any atom is 0.244 e. The molecule has 0 saturated heterocycles. The van der Waals surface area contributed by atoms with Crippen LogP contribution in [0.3, 0.4) is 0 Å². The number of carbonyl (C=O) groups excluding carboxylic acids is 2. The van der Waals surface area contributed by atoms with Gasteiger partial charge in [-0.15, -0.1) is 0 Å². The molecule has 0 atom stereocenters. The van der Waals surface area contributed by atoms with E-state index >= 15 is 0 Å². The SMILES string of the molecule is C=CC=CCCC=CC=CCCCCCC(=O)C=CC(=O)NCC(C)(C)S.